The third kappa shape index (κ3) is 5.35. The number of anilines is 2. The van der Waals surface area contributed by atoms with Gasteiger partial charge in [0, 0.05) is 22.9 Å². The minimum absolute atomic E-state index is 0.0697. The molecular weight excluding hydrogens is 325 g/mol. The van der Waals surface area contributed by atoms with Crippen LogP contribution in [-0.4, -0.2) is 22.6 Å². The number of ketones is 1. The minimum Gasteiger partial charge on any atom is -0.323 e. The average Bonchev–Trinajstić information content (AvgIpc) is 2.57. The van der Waals surface area contributed by atoms with Crippen LogP contribution >= 0.6 is 0 Å². The number of amides is 2. The number of carbonyl (C=O) groups is 3. The van der Waals surface area contributed by atoms with E-state index in [1.165, 1.54) is 26.0 Å². The lowest BCUT2D eigenvalue weighted by atomic mass is 10.1. The molecule has 128 valence electrons. The third-order valence-corrected chi connectivity index (χ3v) is 3.23. The molecule has 0 saturated carbocycles. The van der Waals surface area contributed by atoms with Gasteiger partial charge in [0.1, 0.15) is 11.6 Å². The average molecular weight is 341 g/mol. The van der Waals surface area contributed by atoms with Gasteiger partial charge in [-0.1, -0.05) is 0 Å². The summed E-state index contributed by atoms with van der Waals surface area (Å²) < 4.78 is 12.8. The van der Waals surface area contributed by atoms with Crippen molar-refractivity contribution in [3.05, 3.63) is 65.6 Å². The van der Waals surface area contributed by atoms with Crippen molar-refractivity contribution in [1.29, 1.82) is 0 Å². The van der Waals surface area contributed by atoms with Crippen molar-refractivity contribution in [3.63, 3.8) is 0 Å². The lowest BCUT2D eigenvalue weighted by molar-refractivity contribution is -0.114. The van der Waals surface area contributed by atoms with E-state index in [-0.39, 0.29) is 17.2 Å². The van der Waals surface area contributed by atoms with Crippen LogP contribution in [0.25, 0.3) is 0 Å². The molecule has 1 aromatic carbocycles. The van der Waals surface area contributed by atoms with Gasteiger partial charge in [0.2, 0.25) is 5.91 Å². The zero-order valence-electron chi connectivity index (χ0n) is 13.7. The topological polar surface area (TPSA) is 88.2 Å². The Balaban J connectivity index is 1.97. The van der Waals surface area contributed by atoms with Crippen LogP contribution in [0.15, 0.2) is 54.2 Å². The number of aromatic nitrogens is 1. The summed E-state index contributed by atoms with van der Waals surface area (Å²) in [6, 6.07) is 8.87. The number of nitrogens with one attached hydrogen (secondary N) is 2. The molecule has 6 nitrogen and oxygen atoms in total. The van der Waals surface area contributed by atoms with Crippen molar-refractivity contribution in [2.75, 3.05) is 10.6 Å². The number of hydrogen-bond acceptors (Lipinski definition) is 4. The van der Waals surface area contributed by atoms with Crippen molar-refractivity contribution in [3.8, 4) is 0 Å². The molecule has 0 unspecified atom stereocenters. The molecule has 0 spiro atoms. The smallest absolute Gasteiger partial charge is 0.252 e. The number of Topliss-reactive ketones (excluding diaryl/α,β-unsaturated/α-hetero) is 1. The normalized spacial score (nSPS) is 10.9. The summed E-state index contributed by atoms with van der Waals surface area (Å²) in [7, 11) is 0. The van der Waals surface area contributed by atoms with E-state index in [9.17, 15) is 18.8 Å². The number of halogens is 1. The molecule has 0 radical (unpaired) electrons. The standard InChI is InChI=1S/C18H16FN3O3/c1-11(18(25)22-16-8-5-14(19)10-20-16)9-17(24)21-15-6-3-13(4-7-15)12(2)23/h3-10H,1-2H3,(H,21,24)(H,20,22,25)/b11-9-. The SMILES string of the molecule is CC(=O)c1ccc(NC(=O)/C=C(/C)C(=O)Nc2ccc(F)cn2)cc1. The van der Waals surface area contributed by atoms with Crippen LogP contribution < -0.4 is 10.6 Å². The van der Waals surface area contributed by atoms with E-state index in [4.69, 9.17) is 0 Å². The van der Waals surface area contributed by atoms with Gasteiger partial charge in [-0.2, -0.15) is 0 Å². The van der Waals surface area contributed by atoms with Gasteiger partial charge < -0.3 is 10.6 Å². The molecule has 0 aliphatic heterocycles. The third-order valence-electron chi connectivity index (χ3n) is 3.23. The summed E-state index contributed by atoms with van der Waals surface area (Å²) in [6.45, 7) is 2.92. The zero-order chi connectivity index (χ0) is 18.4. The first-order valence-corrected chi connectivity index (χ1v) is 7.38. The first-order valence-electron chi connectivity index (χ1n) is 7.38. The van der Waals surface area contributed by atoms with Crippen LogP contribution in [0, 0.1) is 5.82 Å². The highest BCUT2D eigenvalue weighted by Crippen LogP contribution is 2.11. The summed E-state index contributed by atoms with van der Waals surface area (Å²) in [6.07, 6.45) is 2.11. The maximum absolute atomic E-state index is 12.8. The van der Waals surface area contributed by atoms with Gasteiger partial charge in [-0.15, -0.1) is 0 Å². The Hall–Kier alpha value is -3.35. The van der Waals surface area contributed by atoms with Gasteiger partial charge in [0.25, 0.3) is 5.91 Å². The Morgan fingerprint density at radius 3 is 2.24 bits per heavy atom. The van der Waals surface area contributed by atoms with Crippen molar-refractivity contribution in [2.45, 2.75) is 13.8 Å². The second-order valence-corrected chi connectivity index (χ2v) is 5.27. The first-order chi connectivity index (χ1) is 11.8. The summed E-state index contributed by atoms with van der Waals surface area (Å²) >= 11 is 0. The molecule has 0 aliphatic carbocycles. The maximum Gasteiger partial charge on any atom is 0.252 e. The lowest BCUT2D eigenvalue weighted by Crippen LogP contribution is -2.16. The first kappa shape index (κ1) is 18.0. The number of hydrogen-bond donors (Lipinski definition) is 2. The second kappa shape index (κ2) is 7.96. The van der Waals surface area contributed by atoms with Crippen LogP contribution in [0.1, 0.15) is 24.2 Å². The van der Waals surface area contributed by atoms with Crippen molar-refractivity contribution < 1.29 is 18.8 Å². The van der Waals surface area contributed by atoms with E-state index >= 15 is 0 Å². The number of nitrogens with zero attached hydrogens (tertiary/aromatic N) is 1. The number of rotatable bonds is 5. The Morgan fingerprint density at radius 1 is 1.00 bits per heavy atom. The molecule has 7 heteroatoms. The predicted molar refractivity (Wildman–Crippen MR) is 91.7 cm³/mol. The van der Waals surface area contributed by atoms with Gasteiger partial charge in [-0.25, -0.2) is 9.37 Å². The fourth-order valence-corrected chi connectivity index (χ4v) is 1.89. The molecule has 0 fully saturated rings. The fraction of sp³-hybridized carbons (Fsp3) is 0.111. The van der Waals surface area contributed by atoms with Gasteiger partial charge in [-0.05, 0) is 50.2 Å². The number of benzene rings is 1. The molecule has 0 saturated heterocycles. The van der Waals surface area contributed by atoms with Crippen LogP contribution in [-0.2, 0) is 9.59 Å². The quantitative estimate of drug-likeness (QED) is 0.646. The van der Waals surface area contributed by atoms with E-state index in [1.54, 1.807) is 24.3 Å². The van der Waals surface area contributed by atoms with E-state index in [2.05, 4.69) is 15.6 Å². The van der Waals surface area contributed by atoms with Crippen LogP contribution in [0.3, 0.4) is 0 Å². The van der Waals surface area contributed by atoms with E-state index < -0.39 is 17.6 Å². The highest BCUT2D eigenvalue weighted by Gasteiger charge is 2.09. The molecule has 25 heavy (non-hydrogen) atoms. The molecular formula is C18H16FN3O3. The summed E-state index contributed by atoms with van der Waals surface area (Å²) in [5, 5.41) is 5.05. The van der Waals surface area contributed by atoms with E-state index in [0.717, 1.165) is 12.3 Å². The Kier molecular flexibility index (Phi) is 5.73. The Bertz CT molecular complexity index is 828. The lowest BCUT2D eigenvalue weighted by Gasteiger charge is -2.06. The highest BCUT2D eigenvalue weighted by atomic mass is 19.1. The highest BCUT2D eigenvalue weighted by molar-refractivity contribution is 6.09. The van der Waals surface area contributed by atoms with E-state index in [1.807, 2.05) is 0 Å². The van der Waals surface area contributed by atoms with Gasteiger partial charge in [0.15, 0.2) is 5.78 Å². The number of carbonyl (C=O) groups excluding carboxylic acids is 3. The van der Waals surface area contributed by atoms with E-state index in [0.29, 0.717) is 11.3 Å². The molecule has 2 N–H and O–H groups in total. The van der Waals surface area contributed by atoms with Crippen LogP contribution in [0.2, 0.25) is 0 Å². The Labute approximate surface area is 143 Å². The molecule has 2 aromatic rings. The molecule has 1 aromatic heterocycles. The predicted octanol–water partition coefficient (Wildman–Crippen LogP) is 2.95. The van der Waals surface area contributed by atoms with Crippen molar-refractivity contribution in [2.24, 2.45) is 0 Å². The molecule has 0 bridgehead atoms. The molecule has 2 amide bonds. The molecule has 1 heterocycles. The Morgan fingerprint density at radius 2 is 1.68 bits per heavy atom. The van der Waals surface area contributed by atoms with Crippen molar-refractivity contribution >= 4 is 29.1 Å². The monoisotopic (exact) mass is 341 g/mol. The van der Waals surface area contributed by atoms with Crippen molar-refractivity contribution in [1.82, 2.24) is 4.98 Å². The largest absolute Gasteiger partial charge is 0.323 e. The minimum atomic E-state index is -0.527. The summed E-state index contributed by atoms with van der Waals surface area (Å²) in [5.41, 5.74) is 1.19. The second-order valence-electron chi connectivity index (χ2n) is 5.27. The van der Waals surface area contributed by atoms with Gasteiger partial charge in [-0.3, -0.25) is 14.4 Å². The fourth-order valence-electron chi connectivity index (χ4n) is 1.89. The van der Waals surface area contributed by atoms with Crippen LogP contribution in [0.4, 0.5) is 15.9 Å². The van der Waals surface area contributed by atoms with Crippen LogP contribution in [0.5, 0.6) is 0 Å². The maximum atomic E-state index is 12.8. The summed E-state index contributed by atoms with van der Waals surface area (Å²) in [5.74, 6) is -1.42. The molecule has 0 atom stereocenters. The molecule has 0 aliphatic rings. The van der Waals surface area contributed by atoms with Gasteiger partial charge >= 0.3 is 0 Å². The van der Waals surface area contributed by atoms with Gasteiger partial charge in [0.05, 0.1) is 6.20 Å². The zero-order valence-corrected chi connectivity index (χ0v) is 13.7. The summed E-state index contributed by atoms with van der Waals surface area (Å²) in [4.78, 5) is 38.8. The molecule has 2 rings (SSSR count). The number of pyridine rings is 1.